The molecule has 2 heteroatoms. The fourth-order valence-electron chi connectivity index (χ4n) is 1.86. The summed E-state index contributed by atoms with van der Waals surface area (Å²) in [5.74, 6) is 0. The van der Waals surface area contributed by atoms with E-state index in [4.69, 9.17) is 0 Å². The molecule has 0 spiro atoms. The Hall–Kier alpha value is -0.500. The molecule has 2 heterocycles. The van der Waals surface area contributed by atoms with Crippen LogP contribution in [-0.4, -0.2) is 19.1 Å². The number of allylic oxidation sites excluding steroid dienone is 1. The number of hydrogen-bond donors (Lipinski definition) is 2. The van der Waals surface area contributed by atoms with Crippen molar-refractivity contribution in [2.75, 3.05) is 13.1 Å². The molecule has 11 heavy (non-hydrogen) atoms. The van der Waals surface area contributed by atoms with Crippen LogP contribution in [0.2, 0.25) is 0 Å². The summed E-state index contributed by atoms with van der Waals surface area (Å²) in [7, 11) is 0. The molecule has 2 saturated heterocycles. The number of nitrogens with one attached hydrogen (secondary N) is 2. The predicted molar refractivity (Wildman–Crippen MR) is 46.3 cm³/mol. The van der Waals surface area contributed by atoms with Gasteiger partial charge in [0, 0.05) is 18.3 Å². The summed E-state index contributed by atoms with van der Waals surface area (Å²) in [5, 5.41) is 6.87. The van der Waals surface area contributed by atoms with Crippen LogP contribution < -0.4 is 10.6 Å². The smallest absolute Gasteiger partial charge is 0.0270 e. The zero-order valence-corrected chi connectivity index (χ0v) is 6.90. The van der Waals surface area contributed by atoms with E-state index < -0.39 is 0 Å². The molecule has 0 aliphatic carbocycles. The first-order valence-electron chi connectivity index (χ1n) is 4.63. The maximum atomic E-state index is 3.47. The highest BCUT2D eigenvalue weighted by Gasteiger charge is 2.13. The Morgan fingerprint density at radius 3 is 2.91 bits per heavy atom. The maximum Gasteiger partial charge on any atom is 0.0270 e. The van der Waals surface area contributed by atoms with Crippen molar-refractivity contribution in [3.05, 3.63) is 11.8 Å². The van der Waals surface area contributed by atoms with Crippen molar-refractivity contribution in [3.63, 3.8) is 0 Å². The van der Waals surface area contributed by atoms with Gasteiger partial charge in [-0.1, -0.05) is 0 Å². The van der Waals surface area contributed by atoms with Crippen molar-refractivity contribution >= 4 is 0 Å². The van der Waals surface area contributed by atoms with Crippen molar-refractivity contribution in [3.8, 4) is 0 Å². The molecule has 1 atom stereocenters. The third kappa shape index (κ3) is 1.74. The van der Waals surface area contributed by atoms with E-state index in [0.29, 0.717) is 6.04 Å². The lowest BCUT2D eigenvalue weighted by molar-refractivity contribution is 0.715. The van der Waals surface area contributed by atoms with Gasteiger partial charge >= 0.3 is 0 Å². The van der Waals surface area contributed by atoms with Crippen LogP contribution in [0.5, 0.6) is 0 Å². The Kier molecular flexibility index (Phi) is 2.13. The van der Waals surface area contributed by atoms with Crippen LogP contribution in [0, 0.1) is 0 Å². The molecule has 0 aromatic heterocycles. The molecule has 62 valence electrons. The summed E-state index contributed by atoms with van der Waals surface area (Å²) in [4.78, 5) is 0. The predicted octanol–water partition coefficient (Wildman–Crippen LogP) is 1.01. The Labute approximate surface area is 68.1 Å². The van der Waals surface area contributed by atoms with Crippen molar-refractivity contribution in [2.24, 2.45) is 0 Å². The first-order chi connectivity index (χ1) is 5.45. The van der Waals surface area contributed by atoms with Crippen LogP contribution in [0.4, 0.5) is 0 Å². The Bertz CT molecular complexity index is 149. The minimum Gasteiger partial charge on any atom is -0.389 e. The van der Waals surface area contributed by atoms with Crippen LogP contribution in [0.25, 0.3) is 0 Å². The Morgan fingerprint density at radius 2 is 2.27 bits per heavy atom. The molecule has 2 nitrogen and oxygen atoms in total. The molecule has 2 N–H and O–H groups in total. The van der Waals surface area contributed by atoms with Crippen LogP contribution in [0.1, 0.15) is 25.7 Å². The highest BCUT2D eigenvalue weighted by Crippen LogP contribution is 2.13. The average Bonchev–Trinajstić information content (AvgIpc) is 2.60. The molecular formula is C9H16N2. The second kappa shape index (κ2) is 3.26. The summed E-state index contributed by atoms with van der Waals surface area (Å²) in [5.41, 5.74) is 1.46. The van der Waals surface area contributed by atoms with Gasteiger partial charge in [0.2, 0.25) is 0 Å². The SMILES string of the molecule is C(=C1/CCCN1)/C1CCCN1. The Balaban J connectivity index is 1.89. The van der Waals surface area contributed by atoms with E-state index in [-0.39, 0.29) is 0 Å². The van der Waals surface area contributed by atoms with E-state index in [0.717, 1.165) is 0 Å². The average molecular weight is 152 g/mol. The minimum atomic E-state index is 0.663. The molecule has 2 fully saturated rings. The van der Waals surface area contributed by atoms with Crippen LogP contribution >= 0.6 is 0 Å². The molecule has 0 aromatic carbocycles. The zero-order valence-electron chi connectivity index (χ0n) is 6.90. The second-order valence-corrected chi connectivity index (χ2v) is 3.43. The molecule has 2 aliphatic rings. The van der Waals surface area contributed by atoms with Crippen molar-refractivity contribution in [1.82, 2.24) is 10.6 Å². The summed E-state index contributed by atoms with van der Waals surface area (Å²) < 4.78 is 0. The monoisotopic (exact) mass is 152 g/mol. The van der Waals surface area contributed by atoms with Gasteiger partial charge in [0.15, 0.2) is 0 Å². The molecule has 2 aliphatic heterocycles. The lowest BCUT2D eigenvalue weighted by Gasteiger charge is -2.05. The first kappa shape index (κ1) is 7.17. The van der Waals surface area contributed by atoms with Gasteiger partial charge in [0.05, 0.1) is 0 Å². The molecule has 0 bridgehead atoms. The largest absolute Gasteiger partial charge is 0.389 e. The lowest BCUT2D eigenvalue weighted by Crippen LogP contribution is -2.20. The number of hydrogen-bond acceptors (Lipinski definition) is 2. The van der Waals surface area contributed by atoms with Crippen LogP contribution in [0.3, 0.4) is 0 Å². The first-order valence-corrected chi connectivity index (χ1v) is 4.63. The molecule has 1 unspecified atom stereocenters. The van der Waals surface area contributed by atoms with Gasteiger partial charge in [-0.05, 0) is 38.3 Å². The quantitative estimate of drug-likeness (QED) is 0.586. The zero-order chi connectivity index (χ0) is 7.52. The molecule has 0 saturated carbocycles. The molecule has 0 radical (unpaired) electrons. The lowest BCUT2D eigenvalue weighted by atomic mass is 10.2. The van der Waals surface area contributed by atoms with Gasteiger partial charge in [0.25, 0.3) is 0 Å². The van der Waals surface area contributed by atoms with E-state index in [1.54, 1.807) is 0 Å². The minimum absolute atomic E-state index is 0.663. The van der Waals surface area contributed by atoms with Crippen molar-refractivity contribution in [1.29, 1.82) is 0 Å². The molecule has 0 amide bonds. The summed E-state index contributed by atoms with van der Waals surface area (Å²) >= 11 is 0. The van der Waals surface area contributed by atoms with Crippen molar-refractivity contribution in [2.45, 2.75) is 31.7 Å². The topological polar surface area (TPSA) is 24.1 Å². The van der Waals surface area contributed by atoms with E-state index in [9.17, 15) is 0 Å². The molecule has 2 rings (SSSR count). The van der Waals surface area contributed by atoms with Crippen LogP contribution in [0.15, 0.2) is 11.8 Å². The molecular weight excluding hydrogens is 136 g/mol. The third-order valence-corrected chi connectivity index (χ3v) is 2.48. The summed E-state index contributed by atoms with van der Waals surface area (Å²) in [6.07, 6.45) is 7.62. The standard InChI is InChI=1S/C9H16N2/c1-3-8(10-5-1)7-9-4-2-6-11-9/h7-8,10-11H,1-6H2/b9-7+. The maximum absolute atomic E-state index is 3.47. The van der Waals surface area contributed by atoms with Gasteiger partial charge in [-0.25, -0.2) is 0 Å². The van der Waals surface area contributed by atoms with Crippen LogP contribution in [-0.2, 0) is 0 Å². The fourth-order valence-corrected chi connectivity index (χ4v) is 1.86. The molecule has 0 aromatic rings. The normalized spacial score (nSPS) is 34.5. The van der Waals surface area contributed by atoms with Gasteiger partial charge in [-0.2, -0.15) is 0 Å². The summed E-state index contributed by atoms with van der Waals surface area (Å²) in [6.45, 7) is 2.38. The highest BCUT2D eigenvalue weighted by molar-refractivity contribution is 5.09. The van der Waals surface area contributed by atoms with E-state index in [1.807, 2.05) is 0 Å². The third-order valence-electron chi connectivity index (χ3n) is 2.48. The number of rotatable bonds is 1. The van der Waals surface area contributed by atoms with E-state index in [1.165, 1.54) is 44.5 Å². The second-order valence-electron chi connectivity index (χ2n) is 3.43. The van der Waals surface area contributed by atoms with Gasteiger partial charge in [0.1, 0.15) is 0 Å². The van der Waals surface area contributed by atoms with Gasteiger partial charge < -0.3 is 10.6 Å². The fraction of sp³-hybridized carbons (Fsp3) is 0.778. The van der Waals surface area contributed by atoms with E-state index >= 15 is 0 Å². The highest BCUT2D eigenvalue weighted by atomic mass is 14.9. The van der Waals surface area contributed by atoms with Gasteiger partial charge in [-0.15, -0.1) is 0 Å². The summed E-state index contributed by atoms with van der Waals surface area (Å²) in [6, 6.07) is 0.663. The van der Waals surface area contributed by atoms with Gasteiger partial charge in [-0.3, -0.25) is 0 Å². The van der Waals surface area contributed by atoms with Crippen molar-refractivity contribution < 1.29 is 0 Å². The Morgan fingerprint density at radius 1 is 1.27 bits per heavy atom. The van der Waals surface area contributed by atoms with E-state index in [2.05, 4.69) is 16.7 Å².